The predicted octanol–water partition coefficient (Wildman–Crippen LogP) is 3.11. The lowest BCUT2D eigenvalue weighted by Gasteiger charge is -2.34. The first kappa shape index (κ1) is 30.2. The second-order valence-corrected chi connectivity index (χ2v) is 11.6. The van der Waals surface area contributed by atoms with Crippen molar-refractivity contribution in [2.24, 2.45) is 16.5 Å². The molecule has 0 saturated carbocycles. The molecule has 3 aromatic carbocycles. The monoisotopic (exact) mass is 603 g/mol. The molecule has 0 bridgehead atoms. The van der Waals surface area contributed by atoms with Crippen molar-refractivity contribution in [3.05, 3.63) is 82.9 Å². The standard InChI is InChI=1S/C32H38ClN7O3/c1-36-29(41)28(18-22-8-11-23-5-2-3-6-24(23)17-22)39-16-14-26-20-38(19-21-9-12-25(33)13-10-21)32(43)40(26)27(30(39)42)7-4-15-37-31(34)35/h2-3,5-6,8-13,17,26-28H,4,7,14-16,18-20H2,1H3,(H,36,41)(H4,34,35,37)/t26?,27-,28-/m0/s1. The van der Waals surface area contributed by atoms with E-state index in [0.717, 1.165) is 21.9 Å². The number of benzene rings is 3. The van der Waals surface area contributed by atoms with Crippen molar-refractivity contribution in [2.75, 3.05) is 26.7 Å². The van der Waals surface area contributed by atoms with E-state index in [1.54, 1.807) is 33.9 Å². The molecule has 1 unspecified atom stereocenters. The van der Waals surface area contributed by atoms with Gasteiger partial charge in [-0.3, -0.25) is 14.6 Å². The van der Waals surface area contributed by atoms with E-state index in [4.69, 9.17) is 23.1 Å². The molecule has 4 amide bonds. The van der Waals surface area contributed by atoms with Crippen LogP contribution in [0, 0.1) is 0 Å². The average molecular weight is 604 g/mol. The summed E-state index contributed by atoms with van der Waals surface area (Å²) in [4.78, 5) is 50.8. The molecule has 43 heavy (non-hydrogen) atoms. The zero-order valence-electron chi connectivity index (χ0n) is 24.3. The SMILES string of the molecule is CNC(=O)[C@H](Cc1ccc2ccccc2c1)N1CCC2CN(Cc3ccc(Cl)cc3)C(=O)N2[C@@H](CCCN=C(N)N)C1=O. The van der Waals surface area contributed by atoms with Crippen LogP contribution in [0.4, 0.5) is 4.79 Å². The van der Waals surface area contributed by atoms with Crippen molar-refractivity contribution in [2.45, 2.75) is 50.4 Å². The maximum atomic E-state index is 14.4. The van der Waals surface area contributed by atoms with Crippen LogP contribution in [0.5, 0.6) is 0 Å². The highest BCUT2D eigenvalue weighted by molar-refractivity contribution is 6.30. The van der Waals surface area contributed by atoms with E-state index in [0.29, 0.717) is 56.9 Å². The second kappa shape index (κ2) is 13.3. The number of halogens is 1. The minimum Gasteiger partial charge on any atom is -0.370 e. The quantitative estimate of drug-likeness (QED) is 0.186. The number of hydrogen-bond donors (Lipinski definition) is 3. The first-order valence-corrected chi connectivity index (χ1v) is 15.0. The van der Waals surface area contributed by atoms with Crippen LogP contribution in [0.2, 0.25) is 5.02 Å². The number of fused-ring (bicyclic) bond motifs is 2. The normalized spacial score (nSPS) is 19.3. The van der Waals surface area contributed by atoms with Crippen LogP contribution >= 0.6 is 11.6 Å². The highest BCUT2D eigenvalue weighted by Gasteiger charge is 2.48. The summed E-state index contributed by atoms with van der Waals surface area (Å²) in [6.45, 7) is 1.61. The Kier molecular flexibility index (Phi) is 9.35. The molecule has 2 heterocycles. The predicted molar refractivity (Wildman–Crippen MR) is 168 cm³/mol. The average Bonchev–Trinajstić information content (AvgIpc) is 3.23. The Morgan fingerprint density at radius 3 is 2.49 bits per heavy atom. The second-order valence-electron chi connectivity index (χ2n) is 11.2. The van der Waals surface area contributed by atoms with Crippen molar-refractivity contribution in [1.82, 2.24) is 20.0 Å². The molecule has 2 fully saturated rings. The summed E-state index contributed by atoms with van der Waals surface area (Å²) in [6, 6.07) is 19.7. The highest BCUT2D eigenvalue weighted by atomic mass is 35.5. The number of amides is 4. The summed E-state index contributed by atoms with van der Waals surface area (Å²) in [5.74, 6) is -0.491. The van der Waals surface area contributed by atoms with Crippen LogP contribution in [-0.2, 0) is 22.6 Å². The molecule has 0 aliphatic carbocycles. The molecular weight excluding hydrogens is 566 g/mol. The first-order chi connectivity index (χ1) is 20.7. The van der Waals surface area contributed by atoms with Crippen LogP contribution in [0.3, 0.4) is 0 Å². The molecule has 5 rings (SSSR count). The fourth-order valence-electron chi connectivity index (χ4n) is 6.17. The Labute approximate surface area is 256 Å². The number of guanidine groups is 1. The molecule has 2 aliphatic rings. The summed E-state index contributed by atoms with van der Waals surface area (Å²) in [5, 5.41) is 5.57. The van der Waals surface area contributed by atoms with Gasteiger partial charge in [-0.1, -0.05) is 66.2 Å². The number of hydrogen-bond acceptors (Lipinski definition) is 4. The lowest BCUT2D eigenvalue weighted by Crippen LogP contribution is -2.55. The van der Waals surface area contributed by atoms with Crippen LogP contribution in [0.25, 0.3) is 10.8 Å². The zero-order valence-corrected chi connectivity index (χ0v) is 25.0. The zero-order chi connectivity index (χ0) is 30.5. The number of urea groups is 1. The third-order valence-corrected chi connectivity index (χ3v) is 8.56. The molecule has 0 radical (unpaired) electrons. The van der Waals surface area contributed by atoms with E-state index in [1.165, 1.54) is 0 Å². The fraction of sp³-hybridized carbons (Fsp3) is 0.375. The first-order valence-electron chi connectivity index (χ1n) is 14.6. The Bertz CT molecular complexity index is 1510. The summed E-state index contributed by atoms with van der Waals surface area (Å²) in [7, 11) is 1.58. The van der Waals surface area contributed by atoms with Gasteiger partial charge in [0.1, 0.15) is 12.1 Å². The number of rotatable bonds is 10. The van der Waals surface area contributed by atoms with Gasteiger partial charge < -0.3 is 31.5 Å². The smallest absolute Gasteiger partial charge is 0.321 e. The lowest BCUT2D eigenvalue weighted by atomic mass is 9.99. The number of nitrogens with one attached hydrogen (secondary N) is 1. The van der Waals surface area contributed by atoms with Gasteiger partial charge in [0.2, 0.25) is 11.8 Å². The van der Waals surface area contributed by atoms with Gasteiger partial charge in [0, 0.05) is 44.7 Å². The Morgan fingerprint density at radius 2 is 1.77 bits per heavy atom. The van der Waals surface area contributed by atoms with Crippen molar-refractivity contribution < 1.29 is 14.4 Å². The maximum absolute atomic E-state index is 14.4. The largest absolute Gasteiger partial charge is 0.370 e. The van der Waals surface area contributed by atoms with Crippen molar-refractivity contribution in [3.63, 3.8) is 0 Å². The van der Waals surface area contributed by atoms with E-state index >= 15 is 0 Å². The lowest BCUT2D eigenvalue weighted by molar-refractivity contribution is -0.142. The molecule has 5 N–H and O–H groups in total. The molecule has 0 spiro atoms. The van der Waals surface area contributed by atoms with Crippen molar-refractivity contribution in [3.8, 4) is 0 Å². The van der Waals surface area contributed by atoms with Gasteiger partial charge in [0.05, 0.1) is 6.04 Å². The molecule has 3 atom stereocenters. The van der Waals surface area contributed by atoms with Crippen LogP contribution < -0.4 is 16.8 Å². The number of likely N-dealkylation sites (N-methyl/N-ethyl adjacent to an activating group) is 1. The van der Waals surface area contributed by atoms with Crippen molar-refractivity contribution >= 4 is 46.2 Å². The Hall–Kier alpha value is -4.31. The van der Waals surface area contributed by atoms with E-state index < -0.39 is 12.1 Å². The van der Waals surface area contributed by atoms with E-state index in [9.17, 15) is 14.4 Å². The molecule has 10 nitrogen and oxygen atoms in total. The van der Waals surface area contributed by atoms with Crippen LogP contribution in [0.1, 0.15) is 30.4 Å². The summed E-state index contributed by atoms with van der Waals surface area (Å²) < 4.78 is 0. The third kappa shape index (κ3) is 6.85. The van der Waals surface area contributed by atoms with Crippen LogP contribution in [-0.4, -0.2) is 83.3 Å². The van der Waals surface area contributed by atoms with E-state index in [2.05, 4.69) is 16.4 Å². The van der Waals surface area contributed by atoms with Gasteiger partial charge in [-0.2, -0.15) is 0 Å². The van der Waals surface area contributed by atoms with Crippen molar-refractivity contribution in [1.29, 1.82) is 0 Å². The summed E-state index contributed by atoms with van der Waals surface area (Å²) in [5.41, 5.74) is 13.0. The fourth-order valence-corrected chi connectivity index (χ4v) is 6.30. The van der Waals surface area contributed by atoms with E-state index in [1.807, 2.05) is 48.5 Å². The number of nitrogens with two attached hydrogens (primary N) is 2. The van der Waals surface area contributed by atoms with Gasteiger partial charge in [-0.05, 0) is 53.3 Å². The third-order valence-electron chi connectivity index (χ3n) is 8.31. The molecule has 2 saturated heterocycles. The number of nitrogens with zero attached hydrogens (tertiary/aromatic N) is 4. The molecule has 0 aromatic heterocycles. The molecule has 2 aliphatic heterocycles. The minimum atomic E-state index is -0.742. The highest BCUT2D eigenvalue weighted by Crippen LogP contribution is 2.31. The summed E-state index contributed by atoms with van der Waals surface area (Å²) >= 11 is 6.05. The van der Waals surface area contributed by atoms with Gasteiger partial charge in [-0.25, -0.2) is 4.79 Å². The Morgan fingerprint density at radius 1 is 1.05 bits per heavy atom. The van der Waals surface area contributed by atoms with E-state index in [-0.39, 0.29) is 29.8 Å². The minimum absolute atomic E-state index is 0.0202. The molecule has 3 aromatic rings. The van der Waals surface area contributed by atoms with Gasteiger partial charge in [0.25, 0.3) is 0 Å². The molecular formula is C32H38ClN7O3. The number of aliphatic imine (C=N–C) groups is 1. The maximum Gasteiger partial charge on any atom is 0.321 e. The van der Waals surface area contributed by atoms with Gasteiger partial charge >= 0.3 is 6.03 Å². The van der Waals surface area contributed by atoms with Crippen LogP contribution in [0.15, 0.2) is 71.7 Å². The number of carbonyl (C=O) groups is 3. The Balaban J connectivity index is 1.41. The van der Waals surface area contributed by atoms with Gasteiger partial charge in [0.15, 0.2) is 5.96 Å². The molecule has 11 heteroatoms. The molecule has 226 valence electrons. The van der Waals surface area contributed by atoms with Gasteiger partial charge in [-0.15, -0.1) is 0 Å². The number of carbonyl (C=O) groups excluding carboxylic acids is 3. The summed E-state index contributed by atoms with van der Waals surface area (Å²) in [6.07, 6.45) is 1.80. The topological polar surface area (TPSA) is 137 Å².